The van der Waals surface area contributed by atoms with E-state index in [1.54, 1.807) is 0 Å². The van der Waals surface area contributed by atoms with Gasteiger partial charge in [0.2, 0.25) is 5.91 Å². The highest BCUT2D eigenvalue weighted by Gasteiger charge is 2.18. The predicted octanol–water partition coefficient (Wildman–Crippen LogP) is 4.68. The van der Waals surface area contributed by atoms with Crippen molar-refractivity contribution < 1.29 is 4.79 Å². The zero-order valence-corrected chi connectivity index (χ0v) is 15.4. The number of amides is 1. The van der Waals surface area contributed by atoms with Crippen LogP contribution in [0.4, 0.5) is 5.82 Å². The van der Waals surface area contributed by atoms with Crippen LogP contribution >= 0.6 is 0 Å². The Morgan fingerprint density at radius 1 is 1.26 bits per heavy atom. The van der Waals surface area contributed by atoms with Gasteiger partial charge in [-0.05, 0) is 42.9 Å². The molecule has 0 unspecified atom stereocenters. The number of rotatable bonds is 4. The SMILES string of the molecule is Cc1cc2c(cc(C)n2CC(C)C)nc1NC(=O)CC(C)(C)C. The molecule has 0 atom stereocenters. The summed E-state index contributed by atoms with van der Waals surface area (Å²) in [6, 6.07) is 4.22. The fourth-order valence-electron chi connectivity index (χ4n) is 2.79. The number of aryl methyl sites for hydroxylation is 2. The normalized spacial score (nSPS) is 12.2. The van der Waals surface area contributed by atoms with Gasteiger partial charge in [0.15, 0.2) is 0 Å². The van der Waals surface area contributed by atoms with Crippen LogP contribution in [0.2, 0.25) is 0 Å². The van der Waals surface area contributed by atoms with Crippen LogP contribution in [-0.4, -0.2) is 15.5 Å². The first-order valence-corrected chi connectivity index (χ1v) is 8.34. The highest BCUT2D eigenvalue weighted by atomic mass is 16.1. The number of nitrogens with one attached hydrogen (secondary N) is 1. The zero-order chi connectivity index (χ0) is 17.4. The molecule has 0 aliphatic heterocycles. The third-order valence-electron chi connectivity index (χ3n) is 3.78. The molecule has 2 rings (SSSR count). The zero-order valence-electron chi connectivity index (χ0n) is 15.4. The fourth-order valence-corrected chi connectivity index (χ4v) is 2.79. The third-order valence-corrected chi connectivity index (χ3v) is 3.78. The van der Waals surface area contributed by atoms with Gasteiger partial charge in [0.25, 0.3) is 0 Å². The Morgan fingerprint density at radius 3 is 2.48 bits per heavy atom. The molecule has 0 radical (unpaired) electrons. The lowest BCUT2D eigenvalue weighted by Gasteiger charge is -2.17. The maximum Gasteiger partial charge on any atom is 0.226 e. The van der Waals surface area contributed by atoms with Gasteiger partial charge in [-0.2, -0.15) is 0 Å². The van der Waals surface area contributed by atoms with E-state index in [4.69, 9.17) is 0 Å². The maximum atomic E-state index is 12.2. The minimum absolute atomic E-state index is 0.0192. The number of pyridine rings is 1. The Hall–Kier alpha value is -1.84. The van der Waals surface area contributed by atoms with Crippen LogP contribution in [-0.2, 0) is 11.3 Å². The number of carbonyl (C=O) groups excluding carboxylic acids is 1. The van der Waals surface area contributed by atoms with E-state index in [9.17, 15) is 4.79 Å². The average Bonchev–Trinajstić information content (AvgIpc) is 2.63. The van der Waals surface area contributed by atoms with E-state index in [2.05, 4.69) is 68.5 Å². The number of nitrogens with zero attached hydrogens (tertiary/aromatic N) is 2. The Kier molecular flexibility index (Phi) is 4.83. The number of anilines is 1. The lowest BCUT2D eigenvalue weighted by atomic mass is 9.92. The molecule has 0 aliphatic rings. The molecule has 126 valence electrons. The minimum atomic E-state index is -0.0285. The molecule has 0 bridgehead atoms. The summed E-state index contributed by atoms with van der Waals surface area (Å²) in [6.07, 6.45) is 0.486. The van der Waals surface area contributed by atoms with Crippen LogP contribution in [0.1, 0.15) is 52.3 Å². The molecular formula is C19H29N3O. The third kappa shape index (κ3) is 4.34. The van der Waals surface area contributed by atoms with Gasteiger partial charge in [-0.3, -0.25) is 4.79 Å². The highest BCUT2D eigenvalue weighted by Crippen LogP contribution is 2.25. The first kappa shape index (κ1) is 17.5. The van der Waals surface area contributed by atoms with Gasteiger partial charge in [-0.1, -0.05) is 34.6 Å². The number of hydrogen-bond acceptors (Lipinski definition) is 2. The van der Waals surface area contributed by atoms with Gasteiger partial charge in [0.05, 0.1) is 11.0 Å². The van der Waals surface area contributed by atoms with E-state index in [1.807, 2.05) is 6.92 Å². The molecule has 23 heavy (non-hydrogen) atoms. The second kappa shape index (κ2) is 6.34. The summed E-state index contributed by atoms with van der Waals surface area (Å²) in [6.45, 7) is 15.7. The molecule has 0 saturated heterocycles. The van der Waals surface area contributed by atoms with Crippen molar-refractivity contribution in [2.75, 3.05) is 5.32 Å². The summed E-state index contributed by atoms with van der Waals surface area (Å²) in [7, 11) is 0. The Morgan fingerprint density at radius 2 is 1.91 bits per heavy atom. The van der Waals surface area contributed by atoms with E-state index in [0.717, 1.165) is 23.1 Å². The molecule has 2 aromatic heterocycles. The van der Waals surface area contributed by atoms with E-state index >= 15 is 0 Å². The quantitative estimate of drug-likeness (QED) is 0.890. The molecule has 0 spiro atoms. The monoisotopic (exact) mass is 315 g/mol. The summed E-state index contributed by atoms with van der Waals surface area (Å²) in [5.74, 6) is 1.27. The smallest absolute Gasteiger partial charge is 0.226 e. The Balaban J connectivity index is 2.34. The van der Waals surface area contributed by atoms with Gasteiger partial charge in [-0.25, -0.2) is 4.98 Å². The van der Waals surface area contributed by atoms with Crippen LogP contribution in [0.15, 0.2) is 12.1 Å². The van der Waals surface area contributed by atoms with Crippen molar-refractivity contribution in [2.45, 2.75) is 61.4 Å². The van der Waals surface area contributed by atoms with Crippen molar-refractivity contribution in [1.29, 1.82) is 0 Å². The van der Waals surface area contributed by atoms with Gasteiger partial charge in [-0.15, -0.1) is 0 Å². The lowest BCUT2D eigenvalue weighted by Crippen LogP contribution is -2.20. The summed E-state index contributed by atoms with van der Waals surface area (Å²) in [5, 5.41) is 2.97. The molecule has 4 nitrogen and oxygen atoms in total. The largest absolute Gasteiger partial charge is 0.343 e. The van der Waals surface area contributed by atoms with E-state index in [-0.39, 0.29) is 11.3 Å². The fraction of sp³-hybridized carbons (Fsp3) is 0.579. The first-order chi connectivity index (χ1) is 10.6. The molecule has 1 amide bonds. The number of fused-ring (bicyclic) bond motifs is 1. The molecular weight excluding hydrogens is 286 g/mol. The molecule has 2 heterocycles. The van der Waals surface area contributed by atoms with Crippen molar-refractivity contribution in [2.24, 2.45) is 11.3 Å². The molecule has 0 aromatic carbocycles. The topological polar surface area (TPSA) is 46.9 Å². The Labute approximate surface area is 139 Å². The molecule has 0 fully saturated rings. The molecule has 0 saturated carbocycles. The van der Waals surface area contributed by atoms with Crippen LogP contribution in [0, 0.1) is 25.2 Å². The van der Waals surface area contributed by atoms with Gasteiger partial charge in [0, 0.05) is 18.7 Å². The summed E-state index contributed by atoms with van der Waals surface area (Å²) < 4.78 is 2.31. The van der Waals surface area contributed by atoms with Gasteiger partial charge in [0.1, 0.15) is 5.82 Å². The highest BCUT2D eigenvalue weighted by molar-refractivity contribution is 5.92. The van der Waals surface area contributed by atoms with E-state index < -0.39 is 0 Å². The van der Waals surface area contributed by atoms with Crippen LogP contribution in [0.3, 0.4) is 0 Å². The minimum Gasteiger partial charge on any atom is -0.343 e. The molecule has 0 aliphatic carbocycles. The summed E-state index contributed by atoms with van der Waals surface area (Å²) in [5.41, 5.74) is 4.27. The van der Waals surface area contributed by atoms with E-state index in [0.29, 0.717) is 18.2 Å². The van der Waals surface area contributed by atoms with E-state index in [1.165, 1.54) is 5.69 Å². The average molecular weight is 315 g/mol. The van der Waals surface area contributed by atoms with Crippen LogP contribution in [0.5, 0.6) is 0 Å². The number of carbonyl (C=O) groups is 1. The second-order valence-electron chi connectivity index (χ2n) is 8.13. The van der Waals surface area contributed by atoms with Crippen LogP contribution < -0.4 is 5.32 Å². The van der Waals surface area contributed by atoms with Gasteiger partial charge < -0.3 is 9.88 Å². The van der Waals surface area contributed by atoms with Crippen molar-refractivity contribution in [1.82, 2.24) is 9.55 Å². The van der Waals surface area contributed by atoms with Crippen molar-refractivity contribution in [3.8, 4) is 0 Å². The molecule has 1 N–H and O–H groups in total. The van der Waals surface area contributed by atoms with Crippen molar-refractivity contribution in [3.05, 3.63) is 23.4 Å². The summed E-state index contributed by atoms with van der Waals surface area (Å²) >= 11 is 0. The summed E-state index contributed by atoms with van der Waals surface area (Å²) in [4.78, 5) is 16.9. The number of hydrogen-bond donors (Lipinski definition) is 1. The second-order valence-corrected chi connectivity index (χ2v) is 8.13. The molecule has 4 heteroatoms. The maximum absolute atomic E-state index is 12.2. The first-order valence-electron chi connectivity index (χ1n) is 8.34. The van der Waals surface area contributed by atoms with Crippen molar-refractivity contribution in [3.63, 3.8) is 0 Å². The predicted molar refractivity (Wildman–Crippen MR) is 96.7 cm³/mol. The van der Waals surface area contributed by atoms with Gasteiger partial charge >= 0.3 is 0 Å². The van der Waals surface area contributed by atoms with Crippen LogP contribution in [0.25, 0.3) is 11.0 Å². The lowest BCUT2D eigenvalue weighted by molar-refractivity contribution is -0.117. The number of aromatic nitrogens is 2. The van der Waals surface area contributed by atoms with Crippen molar-refractivity contribution >= 4 is 22.8 Å². The standard InChI is InChI=1S/C19H29N3O/c1-12(2)11-22-14(4)9-15-16(22)8-13(3)18(20-15)21-17(23)10-19(5,6)7/h8-9,12H,10-11H2,1-7H3,(H,20,21,23). The Bertz CT molecular complexity index is 720. The molecule has 2 aromatic rings.